The highest BCUT2D eigenvalue weighted by Crippen LogP contribution is 2.12. The Balaban J connectivity index is 1.97. The van der Waals surface area contributed by atoms with Crippen molar-refractivity contribution >= 4 is 11.8 Å². The Morgan fingerprint density at radius 1 is 1.42 bits per heavy atom. The first-order valence-electron chi connectivity index (χ1n) is 5.85. The molecule has 2 aromatic rings. The van der Waals surface area contributed by atoms with Crippen molar-refractivity contribution in [2.24, 2.45) is 0 Å². The number of benzene rings is 1. The lowest BCUT2D eigenvalue weighted by Crippen LogP contribution is -2.34. The Kier molecular flexibility index (Phi) is 4.15. The minimum absolute atomic E-state index is 0.185. The maximum atomic E-state index is 11.7. The van der Waals surface area contributed by atoms with Crippen LogP contribution in [0.5, 0.6) is 0 Å². The number of anilines is 1. The molecule has 0 aliphatic heterocycles. The largest absolute Gasteiger partial charge is 0.394 e. The molecule has 0 aliphatic carbocycles. The van der Waals surface area contributed by atoms with Crippen LogP contribution < -0.4 is 10.6 Å². The van der Waals surface area contributed by atoms with Crippen molar-refractivity contribution in [3.8, 4) is 0 Å². The molecule has 0 radical (unpaired) electrons. The Bertz CT molecular complexity index is 539. The number of nitrogens with one attached hydrogen (secondary N) is 2. The third-order valence-electron chi connectivity index (χ3n) is 2.56. The Labute approximate surface area is 110 Å². The molecule has 2 rings (SSSR count). The highest BCUT2D eigenvalue weighted by atomic mass is 16.5. The van der Waals surface area contributed by atoms with E-state index in [0.29, 0.717) is 11.6 Å². The number of aryl methyl sites for hydroxylation is 1. The average molecular weight is 261 g/mol. The summed E-state index contributed by atoms with van der Waals surface area (Å²) in [6.45, 7) is 1.55. The zero-order chi connectivity index (χ0) is 13.7. The topological polar surface area (TPSA) is 87.4 Å². The maximum Gasteiger partial charge on any atom is 0.321 e. The second-order valence-corrected chi connectivity index (χ2v) is 4.07. The van der Waals surface area contributed by atoms with Gasteiger partial charge in [0.05, 0.1) is 12.6 Å². The number of aromatic nitrogens is 1. The summed E-state index contributed by atoms with van der Waals surface area (Å²) in [6.07, 6.45) is 0. The molecule has 3 N–H and O–H groups in total. The van der Waals surface area contributed by atoms with E-state index in [-0.39, 0.29) is 6.61 Å². The fourth-order valence-corrected chi connectivity index (χ4v) is 1.66. The molecule has 1 aromatic carbocycles. The van der Waals surface area contributed by atoms with Crippen LogP contribution in [0.25, 0.3) is 0 Å². The van der Waals surface area contributed by atoms with Gasteiger partial charge in [-0.3, -0.25) is 5.32 Å². The molecule has 0 saturated heterocycles. The van der Waals surface area contributed by atoms with E-state index in [1.807, 2.05) is 30.3 Å². The first kappa shape index (κ1) is 13.1. The van der Waals surface area contributed by atoms with Crippen LogP contribution in [0, 0.1) is 6.92 Å². The number of aliphatic hydroxyl groups excluding tert-OH is 1. The summed E-state index contributed by atoms with van der Waals surface area (Å²) in [5, 5.41) is 18.2. The van der Waals surface area contributed by atoms with Crippen molar-refractivity contribution in [3.63, 3.8) is 0 Å². The summed E-state index contributed by atoms with van der Waals surface area (Å²) >= 11 is 0. The monoisotopic (exact) mass is 261 g/mol. The van der Waals surface area contributed by atoms with Crippen LogP contribution in [0.4, 0.5) is 10.6 Å². The quantitative estimate of drug-likeness (QED) is 0.783. The molecule has 100 valence electrons. The molecular weight excluding hydrogens is 246 g/mol. The lowest BCUT2D eigenvalue weighted by molar-refractivity contribution is 0.225. The molecule has 0 spiro atoms. The number of nitrogens with zero attached hydrogens (tertiary/aromatic N) is 1. The number of hydrogen-bond acceptors (Lipinski definition) is 4. The first-order chi connectivity index (χ1) is 9.19. The first-order valence-corrected chi connectivity index (χ1v) is 5.85. The maximum absolute atomic E-state index is 11.7. The van der Waals surface area contributed by atoms with Crippen molar-refractivity contribution in [2.45, 2.75) is 13.0 Å². The number of carbonyl (C=O) groups excluding carboxylic acids is 1. The molecular formula is C13H15N3O3. The van der Waals surface area contributed by atoms with Gasteiger partial charge in [0.2, 0.25) is 0 Å². The zero-order valence-corrected chi connectivity index (χ0v) is 10.5. The molecule has 1 heterocycles. The molecule has 1 aromatic heterocycles. The summed E-state index contributed by atoms with van der Waals surface area (Å²) in [5.74, 6) is 0.941. The molecule has 0 unspecified atom stereocenters. The summed E-state index contributed by atoms with van der Waals surface area (Å²) in [5.41, 5.74) is 0.830. The second-order valence-electron chi connectivity index (χ2n) is 4.07. The van der Waals surface area contributed by atoms with Gasteiger partial charge >= 0.3 is 6.03 Å². The molecule has 1 atom stereocenters. The van der Waals surface area contributed by atoms with Gasteiger partial charge < -0.3 is 14.9 Å². The SMILES string of the molecule is Cc1cc(NC(=O)N[C@@H](CO)c2ccccc2)no1. The lowest BCUT2D eigenvalue weighted by atomic mass is 10.1. The van der Waals surface area contributed by atoms with Crippen molar-refractivity contribution in [2.75, 3.05) is 11.9 Å². The third kappa shape index (κ3) is 3.56. The minimum Gasteiger partial charge on any atom is -0.394 e. The number of hydrogen-bond donors (Lipinski definition) is 3. The van der Waals surface area contributed by atoms with Crippen molar-refractivity contribution in [3.05, 3.63) is 47.7 Å². The number of rotatable bonds is 4. The normalized spacial score (nSPS) is 11.9. The van der Waals surface area contributed by atoms with Gasteiger partial charge in [0, 0.05) is 6.07 Å². The van der Waals surface area contributed by atoms with Crippen LogP contribution in [-0.2, 0) is 0 Å². The molecule has 0 saturated carbocycles. The van der Waals surface area contributed by atoms with Gasteiger partial charge in [-0.2, -0.15) is 0 Å². The van der Waals surface area contributed by atoms with E-state index in [1.54, 1.807) is 13.0 Å². The predicted octanol–water partition coefficient (Wildman–Crippen LogP) is 1.84. The van der Waals surface area contributed by atoms with E-state index in [1.165, 1.54) is 0 Å². The molecule has 2 amide bonds. The van der Waals surface area contributed by atoms with Crippen LogP contribution in [0.15, 0.2) is 40.9 Å². The molecule has 0 bridgehead atoms. The minimum atomic E-state index is -0.464. The average Bonchev–Trinajstić information content (AvgIpc) is 2.82. The highest BCUT2D eigenvalue weighted by molar-refractivity contribution is 5.88. The van der Waals surface area contributed by atoms with E-state index in [0.717, 1.165) is 5.56 Å². The van der Waals surface area contributed by atoms with Gasteiger partial charge in [-0.25, -0.2) is 4.79 Å². The Hall–Kier alpha value is -2.34. The van der Waals surface area contributed by atoms with Gasteiger partial charge in [-0.05, 0) is 12.5 Å². The number of amides is 2. The molecule has 6 heteroatoms. The van der Waals surface area contributed by atoms with E-state index in [2.05, 4.69) is 15.8 Å². The van der Waals surface area contributed by atoms with E-state index < -0.39 is 12.1 Å². The van der Waals surface area contributed by atoms with E-state index in [4.69, 9.17) is 4.52 Å². The standard InChI is InChI=1S/C13H15N3O3/c1-9-7-12(16-19-9)15-13(18)14-11(8-17)10-5-3-2-4-6-10/h2-7,11,17H,8H2,1H3,(H2,14,15,16,18)/t11-/m0/s1. The zero-order valence-electron chi connectivity index (χ0n) is 10.5. The lowest BCUT2D eigenvalue weighted by Gasteiger charge is -2.16. The summed E-state index contributed by atoms with van der Waals surface area (Å²) in [4.78, 5) is 11.7. The number of urea groups is 1. The molecule has 19 heavy (non-hydrogen) atoms. The molecule has 6 nitrogen and oxygen atoms in total. The van der Waals surface area contributed by atoms with Crippen molar-refractivity contribution < 1.29 is 14.4 Å². The second kappa shape index (κ2) is 6.01. The number of aliphatic hydroxyl groups is 1. The fraction of sp³-hybridized carbons (Fsp3) is 0.231. The highest BCUT2D eigenvalue weighted by Gasteiger charge is 2.14. The van der Waals surface area contributed by atoms with Crippen LogP contribution >= 0.6 is 0 Å². The van der Waals surface area contributed by atoms with E-state index >= 15 is 0 Å². The van der Waals surface area contributed by atoms with Crippen molar-refractivity contribution in [1.29, 1.82) is 0 Å². The van der Waals surface area contributed by atoms with Gasteiger partial charge in [0.1, 0.15) is 5.76 Å². The molecule has 0 aliphatic rings. The van der Waals surface area contributed by atoms with Gasteiger partial charge in [0.15, 0.2) is 5.82 Å². The predicted molar refractivity (Wildman–Crippen MR) is 69.7 cm³/mol. The van der Waals surface area contributed by atoms with Crippen LogP contribution in [0.2, 0.25) is 0 Å². The van der Waals surface area contributed by atoms with Crippen LogP contribution in [-0.4, -0.2) is 22.9 Å². The van der Waals surface area contributed by atoms with Gasteiger partial charge in [-0.15, -0.1) is 0 Å². The molecule has 0 fully saturated rings. The van der Waals surface area contributed by atoms with Crippen LogP contribution in [0.3, 0.4) is 0 Å². The summed E-state index contributed by atoms with van der Waals surface area (Å²) in [6, 6.07) is 9.93. The Morgan fingerprint density at radius 3 is 2.74 bits per heavy atom. The third-order valence-corrected chi connectivity index (χ3v) is 2.56. The number of carbonyl (C=O) groups is 1. The van der Waals surface area contributed by atoms with Crippen molar-refractivity contribution in [1.82, 2.24) is 10.5 Å². The van der Waals surface area contributed by atoms with Crippen LogP contribution in [0.1, 0.15) is 17.4 Å². The van der Waals surface area contributed by atoms with Gasteiger partial charge in [-0.1, -0.05) is 35.5 Å². The van der Waals surface area contributed by atoms with E-state index in [9.17, 15) is 9.90 Å². The summed E-state index contributed by atoms with van der Waals surface area (Å²) < 4.78 is 4.84. The van der Waals surface area contributed by atoms with Gasteiger partial charge in [0.25, 0.3) is 0 Å². The smallest absolute Gasteiger partial charge is 0.321 e. The summed E-state index contributed by atoms with van der Waals surface area (Å²) in [7, 11) is 0. The fourth-order valence-electron chi connectivity index (χ4n) is 1.66. The Morgan fingerprint density at radius 2 is 2.16 bits per heavy atom.